The fraction of sp³-hybridized carbons (Fsp3) is 0.455. The van der Waals surface area contributed by atoms with E-state index in [0.717, 1.165) is 57.0 Å². The number of nitrogens with zero attached hydrogens (tertiary/aromatic N) is 2. The van der Waals surface area contributed by atoms with Crippen molar-refractivity contribution in [1.29, 1.82) is 0 Å². The van der Waals surface area contributed by atoms with E-state index in [1.807, 2.05) is 30.3 Å². The van der Waals surface area contributed by atoms with Crippen molar-refractivity contribution in [3.8, 4) is 11.5 Å². The van der Waals surface area contributed by atoms with Gasteiger partial charge in [-0.1, -0.05) is 17.7 Å². The first kappa shape index (κ1) is 18.5. The number of ether oxygens (including phenoxy) is 1. The van der Waals surface area contributed by atoms with Gasteiger partial charge < -0.3 is 14.7 Å². The third kappa shape index (κ3) is 4.50. The lowest BCUT2D eigenvalue weighted by molar-refractivity contribution is 0.221. The molecule has 1 aliphatic heterocycles. The van der Waals surface area contributed by atoms with Gasteiger partial charge in [-0.15, -0.1) is 0 Å². The van der Waals surface area contributed by atoms with Gasteiger partial charge in [0.25, 0.3) is 0 Å². The number of halogens is 1. The van der Waals surface area contributed by atoms with Crippen LogP contribution < -0.4 is 9.64 Å². The predicted octanol–water partition coefficient (Wildman–Crippen LogP) is 4.13. The third-order valence-corrected chi connectivity index (χ3v) is 5.83. The predicted molar refractivity (Wildman–Crippen MR) is 110 cm³/mol. The highest BCUT2D eigenvalue weighted by Gasteiger charge is 2.18. The lowest BCUT2D eigenvalue weighted by Crippen LogP contribution is -2.46. The molecule has 1 N–H and O–H groups in total. The number of hydrogen-bond donors (Lipinski definition) is 1. The van der Waals surface area contributed by atoms with Crippen molar-refractivity contribution in [2.45, 2.75) is 25.7 Å². The summed E-state index contributed by atoms with van der Waals surface area (Å²) in [6, 6.07) is 12.0. The van der Waals surface area contributed by atoms with Crippen LogP contribution in [0.1, 0.15) is 24.0 Å². The molecule has 0 atom stereocenters. The molecule has 0 unspecified atom stereocenters. The van der Waals surface area contributed by atoms with Crippen LogP contribution in [0.2, 0.25) is 5.02 Å². The monoisotopic (exact) mass is 386 g/mol. The van der Waals surface area contributed by atoms with Crippen LogP contribution >= 0.6 is 11.6 Å². The maximum atomic E-state index is 10.1. The van der Waals surface area contributed by atoms with Crippen LogP contribution in [0.4, 0.5) is 5.69 Å². The quantitative estimate of drug-likeness (QED) is 0.757. The molecule has 2 aromatic carbocycles. The molecule has 4 nitrogen and oxygen atoms in total. The maximum Gasteiger partial charge on any atom is 0.161 e. The first-order chi connectivity index (χ1) is 13.2. The van der Waals surface area contributed by atoms with Crippen LogP contribution in [-0.2, 0) is 12.8 Å². The number of fused-ring (bicyclic) bond motifs is 1. The number of aryl methyl sites for hydroxylation is 2. The Kier molecular flexibility index (Phi) is 5.74. The van der Waals surface area contributed by atoms with E-state index in [1.54, 1.807) is 0 Å². The van der Waals surface area contributed by atoms with Crippen LogP contribution in [0.5, 0.6) is 11.5 Å². The lowest BCUT2D eigenvalue weighted by atomic mass is 10.1. The molecule has 0 saturated carbocycles. The van der Waals surface area contributed by atoms with E-state index < -0.39 is 0 Å². The molecule has 1 aliphatic carbocycles. The first-order valence-corrected chi connectivity index (χ1v) is 10.3. The van der Waals surface area contributed by atoms with Gasteiger partial charge in [0.1, 0.15) is 0 Å². The summed E-state index contributed by atoms with van der Waals surface area (Å²) in [6.07, 6.45) is 4.32. The summed E-state index contributed by atoms with van der Waals surface area (Å²) in [5, 5.41) is 10.9. The Morgan fingerprint density at radius 1 is 1.00 bits per heavy atom. The maximum absolute atomic E-state index is 10.1. The number of anilines is 1. The van der Waals surface area contributed by atoms with Gasteiger partial charge in [0.2, 0.25) is 0 Å². The lowest BCUT2D eigenvalue weighted by Gasteiger charge is -2.36. The van der Waals surface area contributed by atoms with Crippen LogP contribution in [-0.4, -0.2) is 49.3 Å². The van der Waals surface area contributed by atoms with E-state index in [9.17, 15) is 5.11 Å². The van der Waals surface area contributed by atoms with Crippen molar-refractivity contribution in [3.05, 3.63) is 52.5 Å². The fourth-order valence-corrected chi connectivity index (χ4v) is 4.26. The molecule has 27 heavy (non-hydrogen) atoms. The molecule has 4 rings (SSSR count). The zero-order valence-electron chi connectivity index (χ0n) is 15.7. The summed E-state index contributed by atoms with van der Waals surface area (Å²) < 4.78 is 5.85. The second-order valence-corrected chi connectivity index (χ2v) is 7.89. The van der Waals surface area contributed by atoms with Gasteiger partial charge in [0.05, 0.1) is 6.61 Å². The minimum absolute atomic E-state index is 0.283. The second-order valence-electron chi connectivity index (χ2n) is 7.45. The topological polar surface area (TPSA) is 35.9 Å². The number of benzene rings is 2. The molecular formula is C22H27ClN2O2. The van der Waals surface area contributed by atoms with Crippen molar-refractivity contribution < 1.29 is 9.84 Å². The highest BCUT2D eigenvalue weighted by molar-refractivity contribution is 6.30. The summed E-state index contributed by atoms with van der Waals surface area (Å²) in [5.41, 5.74) is 3.81. The molecule has 144 valence electrons. The van der Waals surface area contributed by atoms with E-state index in [4.69, 9.17) is 16.3 Å². The third-order valence-electron chi connectivity index (χ3n) is 5.60. The summed E-state index contributed by atoms with van der Waals surface area (Å²) in [4.78, 5) is 4.87. The van der Waals surface area contributed by atoms with Crippen LogP contribution in [0.15, 0.2) is 36.4 Å². The Balaban J connectivity index is 1.20. The van der Waals surface area contributed by atoms with Gasteiger partial charge in [-0.25, -0.2) is 0 Å². The highest BCUT2D eigenvalue weighted by Crippen LogP contribution is 2.34. The standard InChI is InChI=1S/C22H27ClN2O2/c23-19-6-2-7-20(16-19)25-11-9-24(10-12-25)8-3-13-27-22-15-18-5-1-4-17(18)14-21(22)26/h2,6-7,14-16,26H,1,3-5,8-13H2. The van der Waals surface area contributed by atoms with Gasteiger partial charge in [-0.05, 0) is 67.1 Å². The Morgan fingerprint density at radius 3 is 2.56 bits per heavy atom. The van der Waals surface area contributed by atoms with Crippen LogP contribution in [0.25, 0.3) is 0 Å². The molecule has 1 heterocycles. The molecule has 2 aromatic rings. The Labute approximate surface area is 166 Å². The first-order valence-electron chi connectivity index (χ1n) is 9.89. The second kappa shape index (κ2) is 8.41. The fourth-order valence-electron chi connectivity index (χ4n) is 4.08. The van der Waals surface area contributed by atoms with E-state index in [1.165, 1.54) is 23.2 Å². The number of rotatable bonds is 6. The van der Waals surface area contributed by atoms with Crippen LogP contribution in [0, 0.1) is 0 Å². The number of phenols is 1. The minimum atomic E-state index is 0.283. The number of hydrogen-bond acceptors (Lipinski definition) is 4. The smallest absolute Gasteiger partial charge is 0.161 e. The van der Waals surface area contributed by atoms with Crippen molar-refractivity contribution in [1.82, 2.24) is 4.90 Å². The summed E-state index contributed by atoms with van der Waals surface area (Å²) in [5.74, 6) is 0.923. The molecule has 1 fully saturated rings. The Morgan fingerprint density at radius 2 is 1.78 bits per heavy atom. The average molecular weight is 387 g/mol. The minimum Gasteiger partial charge on any atom is -0.504 e. The number of piperazine rings is 1. The molecule has 1 saturated heterocycles. The van der Waals surface area contributed by atoms with Crippen LogP contribution in [0.3, 0.4) is 0 Å². The molecule has 2 aliphatic rings. The largest absolute Gasteiger partial charge is 0.504 e. The summed E-state index contributed by atoms with van der Waals surface area (Å²) in [7, 11) is 0. The zero-order chi connectivity index (χ0) is 18.6. The van der Waals surface area contributed by atoms with Crippen molar-refractivity contribution in [2.75, 3.05) is 44.2 Å². The number of phenolic OH excluding ortho intramolecular Hbond substituents is 1. The zero-order valence-corrected chi connectivity index (χ0v) is 16.4. The van der Waals surface area contributed by atoms with E-state index in [0.29, 0.717) is 12.4 Å². The molecule has 0 radical (unpaired) electrons. The van der Waals surface area contributed by atoms with Gasteiger partial charge in [-0.3, -0.25) is 4.90 Å². The van der Waals surface area contributed by atoms with Crippen molar-refractivity contribution in [3.63, 3.8) is 0 Å². The SMILES string of the molecule is Oc1cc2c(cc1OCCCN1CCN(c3cccc(Cl)c3)CC1)CCC2. The van der Waals surface area contributed by atoms with Gasteiger partial charge >= 0.3 is 0 Å². The Bertz CT molecular complexity index is 788. The number of aromatic hydroxyl groups is 1. The Hall–Kier alpha value is -1.91. The van der Waals surface area contributed by atoms with E-state index >= 15 is 0 Å². The van der Waals surface area contributed by atoms with Crippen molar-refractivity contribution in [2.24, 2.45) is 0 Å². The van der Waals surface area contributed by atoms with E-state index in [2.05, 4.69) is 15.9 Å². The van der Waals surface area contributed by atoms with Gasteiger partial charge in [-0.2, -0.15) is 0 Å². The van der Waals surface area contributed by atoms with Gasteiger partial charge in [0.15, 0.2) is 11.5 Å². The van der Waals surface area contributed by atoms with Gasteiger partial charge in [0, 0.05) is 43.4 Å². The van der Waals surface area contributed by atoms with E-state index in [-0.39, 0.29) is 5.75 Å². The normalized spacial score (nSPS) is 17.1. The molecule has 0 amide bonds. The summed E-state index contributed by atoms with van der Waals surface area (Å²) in [6.45, 7) is 5.81. The molecule has 0 aromatic heterocycles. The molecule has 5 heteroatoms. The molecule has 0 spiro atoms. The highest BCUT2D eigenvalue weighted by atomic mass is 35.5. The van der Waals surface area contributed by atoms with Crippen molar-refractivity contribution >= 4 is 17.3 Å². The average Bonchev–Trinajstić information content (AvgIpc) is 3.13. The summed E-state index contributed by atoms with van der Waals surface area (Å²) >= 11 is 6.10. The molecular weight excluding hydrogens is 360 g/mol. The molecule has 0 bridgehead atoms.